The molecule has 1 heterocycles. The van der Waals surface area contributed by atoms with Gasteiger partial charge in [-0.25, -0.2) is 0 Å². The van der Waals surface area contributed by atoms with Crippen LogP contribution in [0.2, 0.25) is 0 Å². The summed E-state index contributed by atoms with van der Waals surface area (Å²) in [4.78, 5) is 12.4. The van der Waals surface area contributed by atoms with Crippen molar-refractivity contribution in [3.63, 3.8) is 0 Å². The molecule has 3 nitrogen and oxygen atoms in total. The standard InChI is InChI=1S/C10H13ClF3NO2/c1-6-3-15(4-7(2)17-6)5-8(11)9(16)10(12,13)14/h5-7H,3-4H2,1-2H3/b8-5-/t6-,7-/m0/s1. The molecule has 1 saturated heterocycles. The van der Waals surface area contributed by atoms with Crippen molar-refractivity contribution in [2.24, 2.45) is 0 Å². The fourth-order valence-electron chi connectivity index (χ4n) is 1.68. The van der Waals surface area contributed by atoms with E-state index in [-0.39, 0.29) is 12.2 Å². The first-order valence-corrected chi connectivity index (χ1v) is 5.46. The second-order valence-corrected chi connectivity index (χ2v) is 4.42. The Hall–Kier alpha value is -0.750. The third kappa shape index (κ3) is 4.20. The SMILES string of the molecule is C[C@H]1CN(/C=C(\Cl)C(=O)C(F)(F)F)C[C@H](C)O1. The molecule has 0 aromatic rings. The van der Waals surface area contributed by atoms with Gasteiger partial charge in [0.25, 0.3) is 5.78 Å². The zero-order valence-corrected chi connectivity index (χ0v) is 10.2. The summed E-state index contributed by atoms with van der Waals surface area (Å²) < 4.78 is 41.7. The van der Waals surface area contributed by atoms with Crippen LogP contribution in [0.3, 0.4) is 0 Å². The smallest absolute Gasteiger partial charge is 0.372 e. The van der Waals surface area contributed by atoms with Gasteiger partial charge in [-0.2, -0.15) is 13.2 Å². The van der Waals surface area contributed by atoms with E-state index < -0.39 is 17.0 Å². The number of hydrogen-bond donors (Lipinski definition) is 0. The lowest BCUT2D eigenvalue weighted by Gasteiger charge is -2.34. The van der Waals surface area contributed by atoms with Gasteiger partial charge in [0.2, 0.25) is 0 Å². The number of ether oxygens (including phenoxy) is 1. The number of carbonyl (C=O) groups excluding carboxylic acids is 1. The fourth-order valence-corrected chi connectivity index (χ4v) is 1.92. The number of morpholine rings is 1. The van der Waals surface area contributed by atoms with Crippen LogP contribution in [-0.2, 0) is 9.53 Å². The summed E-state index contributed by atoms with van der Waals surface area (Å²) in [6.07, 6.45) is -4.12. The summed E-state index contributed by atoms with van der Waals surface area (Å²) in [5.41, 5.74) is 0. The summed E-state index contributed by atoms with van der Waals surface area (Å²) in [5.74, 6) is -2.02. The third-order valence-electron chi connectivity index (χ3n) is 2.22. The van der Waals surface area contributed by atoms with Crippen LogP contribution in [0.15, 0.2) is 11.2 Å². The Morgan fingerprint density at radius 3 is 2.24 bits per heavy atom. The van der Waals surface area contributed by atoms with Crippen molar-refractivity contribution < 1.29 is 22.7 Å². The van der Waals surface area contributed by atoms with Crippen molar-refractivity contribution in [2.45, 2.75) is 32.2 Å². The van der Waals surface area contributed by atoms with Crippen LogP contribution in [0.4, 0.5) is 13.2 Å². The Morgan fingerprint density at radius 1 is 1.35 bits per heavy atom. The van der Waals surface area contributed by atoms with Crippen molar-refractivity contribution in [2.75, 3.05) is 13.1 Å². The molecule has 0 N–H and O–H groups in total. The van der Waals surface area contributed by atoms with Crippen LogP contribution in [0.25, 0.3) is 0 Å². The number of nitrogens with zero attached hydrogens (tertiary/aromatic N) is 1. The van der Waals surface area contributed by atoms with Gasteiger partial charge >= 0.3 is 6.18 Å². The molecule has 0 aromatic heterocycles. The lowest BCUT2D eigenvalue weighted by molar-refractivity contribution is -0.165. The first kappa shape index (κ1) is 14.3. The van der Waals surface area contributed by atoms with Gasteiger partial charge in [-0.1, -0.05) is 11.6 Å². The molecule has 98 valence electrons. The van der Waals surface area contributed by atoms with Gasteiger partial charge < -0.3 is 9.64 Å². The van der Waals surface area contributed by atoms with Crippen LogP contribution in [0, 0.1) is 0 Å². The van der Waals surface area contributed by atoms with Crippen molar-refractivity contribution in [1.82, 2.24) is 4.90 Å². The van der Waals surface area contributed by atoms with Crippen LogP contribution in [0.5, 0.6) is 0 Å². The first-order valence-electron chi connectivity index (χ1n) is 5.08. The number of alkyl halides is 3. The Balaban J connectivity index is 2.71. The molecule has 0 unspecified atom stereocenters. The van der Waals surface area contributed by atoms with Gasteiger partial charge in [-0.3, -0.25) is 4.79 Å². The molecule has 7 heteroatoms. The summed E-state index contributed by atoms with van der Waals surface area (Å²) in [6, 6.07) is 0. The fraction of sp³-hybridized carbons (Fsp3) is 0.700. The third-order valence-corrected chi connectivity index (χ3v) is 2.49. The predicted octanol–water partition coefficient (Wildman–Crippen LogP) is 2.31. The maximum atomic E-state index is 12.1. The van der Waals surface area contributed by atoms with Gasteiger partial charge in [0.05, 0.1) is 12.2 Å². The van der Waals surface area contributed by atoms with Gasteiger partial charge in [0, 0.05) is 19.3 Å². The topological polar surface area (TPSA) is 29.5 Å². The average molecular weight is 272 g/mol. The van der Waals surface area contributed by atoms with E-state index in [0.717, 1.165) is 6.20 Å². The first-order chi connectivity index (χ1) is 7.70. The molecular formula is C10H13ClF3NO2. The predicted molar refractivity (Wildman–Crippen MR) is 56.6 cm³/mol. The maximum absolute atomic E-state index is 12.1. The number of rotatable bonds is 2. The minimum Gasteiger partial charge on any atom is -0.372 e. The summed E-state index contributed by atoms with van der Waals surface area (Å²) >= 11 is 5.35. The van der Waals surface area contributed by atoms with Gasteiger partial charge in [-0.15, -0.1) is 0 Å². The van der Waals surface area contributed by atoms with Crippen molar-refractivity contribution in [1.29, 1.82) is 0 Å². The summed E-state index contributed by atoms with van der Waals surface area (Å²) in [5, 5.41) is -0.821. The minimum absolute atomic E-state index is 0.111. The van der Waals surface area contributed by atoms with Crippen molar-refractivity contribution in [3.05, 3.63) is 11.2 Å². The van der Waals surface area contributed by atoms with Gasteiger partial charge in [-0.05, 0) is 13.8 Å². The zero-order valence-electron chi connectivity index (χ0n) is 9.42. The molecule has 0 aliphatic carbocycles. The van der Waals surface area contributed by atoms with E-state index in [1.54, 1.807) is 18.7 Å². The monoisotopic (exact) mass is 271 g/mol. The van der Waals surface area contributed by atoms with Crippen molar-refractivity contribution in [3.8, 4) is 0 Å². The maximum Gasteiger partial charge on any atom is 0.455 e. The Bertz CT molecular complexity index is 320. The molecular weight excluding hydrogens is 259 g/mol. The van der Waals surface area contributed by atoms with Gasteiger partial charge in [0.15, 0.2) is 0 Å². The number of ketones is 1. The second kappa shape index (κ2) is 5.27. The lowest BCUT2D eigenvalue weighted by Crippen LogP contribution is -2.43. The van der Waals surface area contributed by atoms with E-state index in [1.165, 1.54) is 0 Å². The molecule has 0 spiro atoms. The van der Waals surface area contributed by atoms with E-state index in [2.05, 4.69) is 0 Å². The number of hydrogen-bond acceptors (Lipinski definition) is 3. The minimum atomic E-state index is -4.93. The molecule has 0 aromatic carbocycles. The van der Waals surface area contributed by atoms with E-state index in [1.807, 2.05) is 0 Å². The Labute approximate surface area is 102 Å². The molecule has 0 amide bonds. The molecule has 1 fully saturated rings. The number of halogens is 4. The average Bonchev–Trinajstić information content (AvgIpc) is 2.13. The Kier molecular flexibility index (Phi) is 4.43. The van der Waals surface area contributed by atoms with Crippen LogP contribution in [-0.4, -0.2) is 42.2 Å². The molecule has 17 heavy (non-hydrogen) atoms. The van der Waals surface area contributed by atoms with Crippen LogP contribution in [0.1, 0.15) is 13.8 Å². The highest BCUT2D eigenvalue weighted by Gasteiger charge is 2.40. The number of allylic oxidation sites excluding steroid dienone is 1. The van der Waals surface area contributed by atoms with E-state index in [4.69, 9.17) is 16.3 Å². The van der Waals surface area contributed by atoms with Crippen LogP contribution < -0.4 is 0 Å². The van der Waals surface area contributed by atoms with Crippen LogP contribution >= 0.6 is 11.6 Å². The summed E-state index contributed by atoms with van der Waals surface area (Å²) in [7, 11) is 0. The largest absolute Gasteiger partial charge is 0.455 e. The molecule has 0 radical (unpaired) electrons. The Morgan fingerprint density at radius 2 is 1.82 bits per heavy atom. The van der Waals surface area contributed by atoms with Gasteiger partial charge in [0.1, 0.15) is 5.03 Å². The molecule has 0 saturated carbocycles. The summed E-state index contributed by atoms with van der Waals surface area (Å²) in [6.45, 7) is 4.42. The molecule has 2 atom stereocenters. The molecule has 0 bridgehead atoms. The van der Waals surface area contributed by atoms with E-state index >= 15 is 0 Å². The highest BCUT2D eigenvalue weighted by molar-refractivity contribution is 6.43. The highest BCUT2D eigenvalue weighted by Crippen LogP contribution is 2.23. The molecule has 1 rings (SSSR count). The number of carbonyl (C=O) groups is 1. The highest BCUT2D eigenvalue weighted by atomic mass is 35.5. The number of Topliss-reactive ketones (excluding diaryl/α,β-unsaturated/α-hetero) is 1. The quantitative estimate of drug-likeness (QED) is 0.722. The van der Waals surface area contributed by atoms with Crippen molar-refractivity contribution >= 4 is 17.4 Å². The second-order valence-electron chi connectivity index (χ2n) is 4.02. The van der Waals surface area contributed by atoms with E-state index in [0.29, 0.717) is 13.1 Å². The molecule has 1 aliphatic rings. The normalized spacial score (nSPS) is 27.2. The lowest BCUT2D eigenvalue weighted by atomic mass is 10.2. The van der Waals surface area contributed by atoms with E-state index in [9.17, 15) is 18.0 Å². The zero-order chi connectivity index (χ0) is 13.2. The molecule has 1 aliphatic heterocycles.